The Labute approximate surface area is 91.4 Å². The van der Waals surface area contributed by atoms with Crippen LogP contribution < -0.4 is 16.4 Å². The second kappa shape index (κ2) is 3.82. The molecule has 1 aliphatic heterocycles. The molecule has 15 heavy (non-hydrogen) atoms. The quantitative estimate of drug-likeness (QED) is 0.612. The number of thiocarbonyl (C=S) groups is 1. The van der Waals surface area contributed by atoms with Gasteiger partial charge in [-0.25, -0.2) is 9.38 Å². The zero-order valence-electron chi connectivity index (χ0n) is 7.70. The molecule has 78 valence electrons. The van der Waals surface area contributed by atoms with Crippen LogP contribution in [-0.2, 0) is 0 Å². The summed E-state index contributed by atoms with van der Waals surface area (Å²) in [6.07, 6.45) is -0.556. The lowest BCUT2D eigenvalue weighted by Crippen LogP contribution is -2.49. The van der Waals surface area contributed by atoms with Gasteiger partial charge in [0, 0.05) is 5.56 Å². The molecule has 1 aliphatic rings. The summed E-state index contributed by atoms with van der Waals surface area (Å²) in [5, 5.41) is 5.78. The van der Waals surface area contributed by atoms with Gasteiger partial charge >= 0.3 is 0 Å². The zero-order chi connectivity index (χ0) is 10.8. The topological polar surface area (TPSA) is 62.4 Å². The fraction of sp³-hybridized carbons (Fsp3) is 0.111. The first-order valence-corrected chi connectivity index (χ1v) is 4.73. The Morgan fingerprint density at radius 1 is 1.40 bits per heavy atom. The van der Waals surface area contributed by atoms with Crippen molar-refractivity contribution in [3.05, 3.63) is 35.6 Å². The van der Waals surface area contributed by atoms with Crippen molar-refractivity contribution in [2.45, 2.75) is 6.17 Å². The number of hydrogen-bond donors (Lipinski definition) is 3. The normalized spacial score (nSPS) is 20.2. The predicted octanol–water partition coefficient (Wildman–Crippen LogP) is 0.617. The van der Waals surface area contributed by atoms with E-state index in [1.54, 1.807) is 18.2 Å². The first-order valence-electron chi connectivity index (χ1n) is 4.32. The molecule has 0 unspecified atom stereocenters. The monoisotopic (exact) mass is 224 g/mol. The van der Waals surface area contributed by atoms with E-state index in [1.165, 1.54) is 6.07 Å². The van der Waals surface area contributed by atoms with Crippen molar-refractivity contribution in [2.24, 2.45) is 10.7 Å². The highest BCUT2D eigenvalue weighted by molar-refractivity contribution is 7.80. The maximum atomic E-state index is 13.4. The SMILES string of the molecule is NC1=N[C@@H](c2ccccc2F)NC(=S)N1. The average Bonchev–Trinajstić information content (AvgIpc) is 2.16. The largest absolute Gasteiger partial charge is 0.370 e. The lowest BCUT2D eigenvalue weighted by atomic mass is 10.1. The van der Waals surface area contributed by atoms with Crippen LogP contribution in [0.3, 0.4) is 0 Å². The summed E-state index contributed by atoms with van der Waals surface area (Å²) in [4.78, 5) is 4.01. The highest BCUT2D eigenvalue weighted by atomic mass is 32.1. The first kappa shape index (κ1) is 9.85. The van der Waals surface area contributed by atoms with Crippen LogP contribution in [-0.4, -0.2) is 11.1 Å². The molecule has 4 N–H and O–H groups in total. The molecule has 0 aliphatic carbocycles. The average molecular weight is 224 g/mol. The van der Waals surface area contributed by atoms with Gasteiger partial charge in [-0.2, -0.15) is 0 Å². The lowest BCUT2D eigenvalue weighted by molar-refractivity contribution is 0.564. The second-order valence-corrected chi connectivity index (χ2v) is 3.45. The number of rotatable bonds is 1. The van der Waals surface area contributed by atoms with Crippen molar-refractivity contribution in [3.8, 4) is 0 Å². The van der Waals surface area contributed by atoms with Gasteiger partial charge in [-0.3, -0.25) is 0 Å². The third kappa shape index (κ3) is 2.04. The van der Waals surface area contributed by atoms with E-state index >= 15 is 0 Å². The highest BCUT2D eigenvalue weighted by Crippen LogP contribution is 2.18. The molecule has 0 amide bonds. The van der Waals surface area contributed by atoms with Gasteiger partial charge in [-0.15, -0.1) is 0 Å². The van der Waals surface area contributed by atoms with E-state index in [-0.39, 0.29) is 11.8 Å². The number of hydrogen-bond acceptors (Lipinski definition) is 3. The van der Waals surface area contributed by atoms with E-state index in [0.717, 1.165) is 0 Å². The minimum Gasteiger partial charge on any atom is -0.370 e. The van der Waals surface area contributed by atoms with Crippen LogP contribution in [0.4, 0.5) is 4.39 Å². The number of benzene rings is 1. The van der Waals surface area contributed by atoms with Gasteiger partial charge in [0.05, 0.1) is 0 Å². The van der Waals surface area contributed by atoms with Gasteiger partial charge < -0.3 is 16.4 Å². The van der Waals surface area contributed by atoms with Gasteiger partial charge in [0.2, 0.25) is 0 Å². The molecule has 0 spiro atoms. The van der Waals surface area contributed by atoms with Crippen molar-refractivity contribution in [1.82, 2.24) is 10.6 Å². The third-order valence-corrected chi connectivity index (χ3v) is 2.20. The molecule has 0 saturated carbocycles. The molecule has 0 bridgehead atoms. The molecule has 0 saturated heterocycles. The molecule has 1 atom stereocenters. The van der Waals surface area contributed by atoms with Crippen LogP contribution in [0.1, 0.15) is 11.7 Å². The Bertz CT molecular complexity index is 432. The molecular weight excluding hydrogens is 215 g/mol. The summed E-state index contributed by atoms with van der Waals surface area (Å²) < 4.78 is 13.4. The van der Waals surface area contributed by atoms with E-state index in [2.05, 4.69) is 15.6 Å². The van der Waals surface area contributed by atoms with Crippen LogP contribution in [0.25, 0.3) is 0 Å². The molecular formula is C9H9FN4S. The summed E-state index contributed by atoms with van der Waals surface area (Å²) in [6, 6.07) is 6.35. The third-order valence-electron chi connectivity index (χ3n) is 1.98. The molecule has 4 nitrogen and oxygen atoms in total. The number of guanidine groups is 1. The molecule has 0 fully saturated rings. The van der Waals surface area contributed by atoms with Crippen molar-refractivity contribution in [1.29, 1.82) is 0 Å². The fourth-order valence-electron chi connectivity index (χ4n) is 1.32. The van der Waals surface area contributed by atoms with Crippen molar-refractivity contribution in [2.75, 3.05) is 0 Å². The summed E-state index contributed by atoms with van der Waals surface area (Å²) in [5.74, 6) is -0.150. The van der Waals surface area contributed by atoms with Crippen LogP contribution in [0.15, 0.2) is 29.3 Å². The predicted molar refractivity (Wildman–Crippen MR) is 59.6 cm³/mol. The lowest BCUT2D eigenvalue weighted by Gasteiger charge is -2.23. The summed E-state index contributed by atoms with van der Waals surface area (Å²) >= 11 is 4.90. The number of nitrogens with two attached hydrogens (primary N) is 1. The van der Waals surface area contributed by atoms with Crippen LogP contribution in [0.5, 0.6) is 0 Å². The Hall–Kier alpha value is -1.69. The molecule has 6 heteroatoms. The van der Waals surface area contributed by atoms with Gasteiger partial charge in [0.1, 0.15) is 5.82 Å². The smallest absolute Gasteiger partial charge is 0.197 e. The standard InChI is InChI=1S/C9H9FN4S/c10-6-4-2-1-3-5(6)7-12-8(11)14-9(15)13-7/h1-4,7H,(H4,11,12,13,14,15)/t7-/m1/s1. The summed E-state index contributed by atoms with van der Waals surface area (Å²) in [6.45, 7) is 0. The Morgan fingerprint density at radius 3 is 2.80 bits per heavy atom. The Kier molecular flexibility index (Phi) is 2.51. The molecule has 0 radical (unpaired) electrons. The van der Waals surface area contributed by atoms with E-state index < -0.39 is 6.17 Å². The Morgan fingerprint density at radius 2 is 2.13 bits per heavy atom. The van der Waals surface area contributed by atoms with Crippen LogP contribution >= 0.6 is 12.2 Å². The molecule has 1 aromatic rings. The highest BCUT2D eigenvalue weighted by Gasteiger charge is 2.19. The van der Waals surface area contributed by atoms with E-state index in [1.807, 2.05) is 0 Å². The Balaban J connectivity index is 2.36. The number of nitrogens with zero attached hydrogens (tertiary/aromatic N) is 1. The maximum Gasteiger partial charge on any atom is 0.197 e. The molecule has 1 aromatic carbocycles. The maximum absolute atomic E-state index is 13.4. The van der Waals surface area contributed by atoms with Crippen LogP contribution in [0.2, 0.25) is 0 Å². The van der Waals surface area contributed by atoms with Gasteiger partial charge in [0.25, 0.3) is 0 Å². The molecule has 0 aromatic heterocycles. The van der Waals surface area contributed by atoms with E-state index in [0.29, 0.717) is 10.7 Å². The van der Waals surface area contributed by atoms with Gasteiger partial charge in [0.15, 0.2) is 17.2 Å². The van der Waals surface area contributed by atoms with Crippen molar-refractivity contribution >= 4 is 23.3 Å². The van der Waals surface area contributed by atoms with Gasteiger partial charge in [-0.1, -0.05) is 18.2 Å². The molecule has 1 heterocycles. The van der Waals surface area contributed by atoms with E-state index in [9.17, 15) is 4.39 Å². The van der Waals surface area contributed by atoms with Gasteiger partial charge in [-0.05, 0) is 18.3 Å². The van der Waals surface area contributed by atoms with Crippen molar-refractivity contribution in [3.63, 3.8) is 0 Å². The minimum absolute atomic E-state index is 0.187. The van der Waals surface area contributed by atoms with Crippen LogP contribution in [0, 0.1) is 5.82 Å². The number of halogens is 1. The summed E-state index contributed by atoms with van der Waals surface area (Å²) in [5.41, 5.74) is 5.91. The zero-order valence-corrected chi connectivity index (χ0v) is 8.51. The second-order valence-electron chi connectivity index (χ2n) is 3.04. The van der Waals surface area contributed by atoms with Crippen molar-refractivity contribution < 1.29 is 4.39 Å². The number of nitrogens with one attached hydrogen (secondary N) is 2. The minimum atomic E-state index is -0.556. The van der Waals surface area contributed by atoms with E-state index in [4.69, 9.17) is 18.0 Å². The number of aliphatic imine (C=N–C) groups is 1. The first-order chi connectivity index (χ1) is 7.16. The summed E-state index contributed by atoms with van der Waals surface area (Å²) in [7, 11) is 0. The molecule has 2 rings (SSSR count). The fourth-order valence-corrected chi connectivity index (χ4v) is 1.54.